The third-order valence-corrected chi connectivity index (χ3v) is 1.38. The number of rotatable bonds is 4. The molecule has 64 valence electrons. The van der Waals surface area contributed by atoms with Crippen LogP contribution in [0.1, 0.15) is 20.3 Å². The van der Waals surface area contributed by atoms with Crippen molar-refractivity contribution < 1.29 is 9.47 Å². The molecule has 0 aliphatic carbocycles. The summed E-state index contributed by atoms with van der Waals surface area (Å²) in [6.07, 6.45) is 4.95. The van der Waals surface area contributed by atoms with Crippen LogP contribution in [0.2, 0.25) is 0 Å². The fraction of sp³-hybridized carbons (Fsp3) is 0.556. The van der Waals surface area contributed by atoms with Crippen LogP contribution in [0, 0.1) is 0 Å². The minimum absolute atomic E-state index is 0.786. The second-order valence-electron chi connectivity index (χ2n) is 2.14. The summed E-state index contributed by atoms with van der Waals surface area (Å²) >= 11 is 0. The molecule has 0 bridgehead atoms. The molecule has 0 heterocycles. The first-order chi connectivity index (χ1) is 5.26. The van der Waals surface area contributed by atoms with Crippen molar-refractivity contribution >= 4 is 0 Å². The smallest absolute Gasteiger partial charge is 0.155 e. The number of methoxy groups -OCH3 is 2. The molecule has 0 radical (unpaired) electrons. The Morgan fingerprint density at radius 2 is 1.91 bits per heavy atom. The van der Waals surface area contributed by atoms with Crippen LogP contribution in [-0.4, -0.2) is 14.2 Å². The third-order valence-electron chi connectivity index (χ3n) is 1.38. The van der Waals surface area contributed by atoms with E-state index in [1.54, 1.807) is 14.2 Å². The van der Waals surface area contributed by atoms with Crippen LogP contribution in [0.15, 0.2) is 23.7 Å². The standard InChI is InChI=1S/C9H16O2/c1-5-6-7-9(11-4)8(2)10-3/h6-7H,5H2,1-4H3. The highest BCUT2D eigenvalue weighted by molar-refractivity contribution is 5.14. The first-order valence-electron chi connectivity index (χ1n) is 3.71. The molecule has 2 nitrogen and oxygen atoms in total. The zero-order chi connectivity index (χ0) is 8.69. The Labute approximate surface area is 68.5 Å². The van der Waals surface area contributed by atoms with Crippen molar-refractivity contribution in [3.05, 3.63) is 23.7 Å². The number of ether oxygens (including phenoxy) is 2. The Morgan fingerprint density at radius 1 is 1.27 bits per heavy atom. The largest absolute Gasteiger partial charge is 0.498 e. The van der Waals surface area contributed by atoms with Crippen LogP contribution in [0.4, 0.5) is 0 Å². The van der Waals surface area contributed by atoms with Crippen molar-refractivity contribution in [2.24, 2.45) is 0 Å². The highest BCUT2D eigenvalue weighted by Gasteiger charge is 1.95. The number of allylic oxidation sites excluding steroid dienone is 3. The highest BCUT2D eigenvalue weighted by Crippen LogP contribution is 2.06. The van der Waals surface area contributed by atoms with Crippen molar-refractivity contribution in [1.82, 2.24) is 0 Å². The fourth-order valence-corrected chi connectivity index (χ4v) is 0.655. The molecule has 0 N–H and O–H groups in total. The summed E-state index contributed by atoms with van der Waals surface area (Å²) < 4.78 is 10.1. The molecule has 11 heavy (non-hydrogen) atoms. The quantitative estimate of drug-likeness (QED) is 0.460. The van der Waals surface area contributed by atoms with Gasteiger partial charge in [-0.05, 0) is 19.4 Å². The lowest BCUT2D eigenvalue weighted by Gasteiger charge is -2.04. The minimum Gasteiger partial charge on any atom is -0.498 e. The van der Waals surface area contributed by atoms with Gasteiger partial charge in [0.15, 0.2) is 5.76 Å². The Balaban J connectivity index is 4.26. The van der Waals surface area contributed by atoms with E-state index in [2.05, 4.69) is 6.92 Å². The van der Waals surface area contributed by atoms with Gasteiger partial charge in [0.2, 0.25) is 0 Å². The summed E-state index contributed by atoms with van der Waals surface area (Å²) in [7, 11) is 3.27. The van der Waals surface area contributed by atoms with Crippen LogP contribution in [0.3, 0.4) is 0 Å². The number of hydrogen-bond donors (Lipinski definition) is 0. The van der Waals surface area contributed by atoms with Crippen molar-refractivity contribution in [3.63, 3.8) is 0 Å². The molecule has 0 unspecified atom stereocenters. The second-order valence-corrected chi connectivity index (χ2v) is 2.14. The molecule has 0 saturated carbocycles. The Kier molecular flexibility index (Phi) is 5.35. The molecule has 0 fully saturated rings. The van der Waals surface area contributed by atoms with Gasteiger partial charge >= 0.3 is 0 Å². The molecule has 0 aromatic carbocycles. The molecule has 0 aromatic rings. The second kappa shape index (κ2) is 5.83. The summed E-state index contributed by atoms with van der Waals surface area (Å²) in [4.78, 5) is 0. The SMILES string of the molecule is CCC=CC(OC)=C(C)OC. The first kappa shape index (κ1) is 10.1. The molecule has 0 spiro atoms. The van der Waals surface area contributed by atoms with E-state index in [-0.39, 0.29) is 0 Å². The summed E-state index contributed by atoms with van der Waals surface area (Å²) in [5.74, 6) is 1.59. The maximum absolute atomic E-state index is 5.07. The predicted octanol–water partition coefficient (Wildman–Crippen LogP) is 2.48. The lowest BCUT2D eigenvalue weighted by molar-refractivity contribution is 0.232. The lowest BCUT2D eigenvalue weighted by atomic mass is 10.3. The van der Waals surface area contributed by atoms with Crippen molar-refractivity contribution in [3.8, 4) is 0 Å². The minimum atomic E-state index is 0.786. The molecule has 0 rings (SSSR count). The van der Waals surface area contributed by atoms with Crippen LogP contribution in [0.5, 0.6) is 0 Å². The Bertz CT molecular complexity index is 157. The van der Waals surface area contributed by atoms with Crippen LogP contribution in [0.25, 0.3) is 0 Å². The van der Waals surface area contributed by atoms with E-state index < -0.39 is 0 Å². The topological polar surface area (TPSA) is 18.5 Å². The van der Waals surface area contributed by atoms with E-state index in [1.807, 2.05) is 19.1 Å². The van der Waals surface area contributed by atoms with Gasteiger partial charge in [-0.3, -0.25) is 0 Å². The van der Waals surface area contributed by atoms with E-state index in [9.17, 15) is 0 Å². The maximum Gasteiger partial charge on any atom is 0.155 e. The summed E-state index contributed by atoms with van der Waals surface area (Å²) in [6, 6.07) is 0. The molecule has 0 aliphatic heterocycles. The monoisotopic (exact) mass is 156 g/mol. The van der Waals surface area contributed by atoms with Crippen LogP contribution >= 0.6 is 0 Å². The van der Waals surface area contributed by atoms with Gasteiger partial charge in [-0.25, -0.2) is 0 Å². The van der Waals surface area contributed by atoms with Gasteiger partial charge in [-0.15, -0.1) is 0 Å². The summed E-state index contributed by atoms with van der Waals surface area (Å²) in [5.41, 5.74) is 0. The highest BCUT2D eigenvalue weighted by atomic mass is 16.5. The fourth-order valence-electron chi connectivity index (χ4n) is 0.655. The molecule has 2 heteroatoms. The van der Waals surface area contributed by atoms with Crippen LogP contribution in [-0.2, 0) is 9.47 Å². The molecule has 0 saturated heterocycles. The molecule has 0 aromatic heterocycles. The normalized spacial score (nSPS) is 13.1. The third kappa shape index (κ3) is 3.71. The van der Waals surface area contributed by atoms with E-state index >= 15 is 0 Å². The Hall–Kier alpha value is -0.920. The molecular weight excluding hydrogens is 140 g/mol. The molecular formula is C9H16O2. The van der Waals surface area contributed by atoms with E-state index in [0.717, 1.165) is 17.9 Å². The van der Waals surface area contributed by atoms with Gasteiger partial charge in [-0.2, -0.15) is 0 Å². The van der Waals surface area contributed by atoms with Crippen molar-refractivity contribution in [2.45, 2.75) is 20.3 Å². The van der Waals surface area contributed by atoms with Gasteiger partial charge in [0, 0.05) is 0 Å². The lowest BCUT2D eigenvalue weighted by Crippen LogP contribution is -1.90. The van der Waals surface area contributed by atoms with Gasteiger partial charge in [-0.1, -0.05) is 13.0 Å². The molecule has 0 amide bonds. The van der Waals surface area contributed by atoms with Gasteiger partial charge in [0.05, 0.1) is 14.2 Å². The molecule has 0 atom stereocenters. The average Bonchev–Trinajstić information content (AvgIpc) is 2.05. The summed E-state index contributed by atoms with van der Waals surface area (Å²) in [5, 5.41) is 0. The first-order valence-corrected chi connectivity index (χ1v) is 3.71. The zero-order valence-electron chi connectivity index (χ0n) is 7.68. The number of hydrogen-bond acceptors (Lipinski definition) is 2. The van der Waals surface area contributed by atoms with Gasteiger partial charge in [0.25, 0.3) is 0 Å². The Morgan fingerprint density at radius 3 is 2.27 bits per heavy atom. The van der Waals surface area contributed by atoms with Crippen molar-refractivity contribution in [1.29, 1.82) is 0 Å². The van der Waals surface area contributed by atoms with E-state index in [4.69, 9.17) is 9.47 Å². The average molecular weight is 156 g/mol. The zero-order valence-corrected chi connectivity index (χ0v) is 7.68. The predicted molar refractivity (Wildman–Crippen MR) is 46.1 cm³/mol. The maximum atomic E-state index is 5.07. The van der Waals surface area contributed by atoms with E-state index in [0.29, 0.717) is 0 Å². The van der Waals surface area contributed by atoms with Crippen molar-refractivity contribution in [2.75, 3.05) is 14.2 Å². The van der Waals surface area contributed by atoms with Gasteiger partial charge < -0.3 is 9.47 Å². The van der Waals surface area contributed by atoms with E-state index in [1.165, 1.54) is 0 Å². The summed E-state index contributed by atoms with van der Waals surface area (Å²) in [6.45, 7) is 3.95. The van der Waals surface area contributed by atoms with Crippen LogP contribution < -0.4 is 0 Å². The van der Waals surface area contributed by atoms with Gasteiger partial charge in [0.1, 0.15) is 5.76 Å². The molecule has 0 aliphatic rings.